The number of halogens is 4. The summed E-state index contributed by atoms with van der Waals surface area (Å²) in [7, 11) is 0. The number of alkyl halides is 3. The predicted molar refractivity (Wildman–Crippen MR) is 121 cm³/mol. The Bertz CT molecular complexity index is 1260. The molecule has 4 N–H and O–H groups in total. The van der Waals surface area contributed by atoms with Gasteiger partial charge < -0.3 is 21.1 Å². The Kier molecular flexibility index (Phi) is 6.53. The van der Waals surface area contributed by atoms with E-state index in [1.54, 1.807) is 6.07 Å². The average molecular weight is 506 g/mol. The van der Waals surface area contributed by atoms with Gasteiger partial charge in [0.2, 0.25) is 11.8 Å². The van der Waals surface area contributed by atoms with Crippen LogP contribution in [0.1, 0.15) is 34.6 Å². The first-order chi connectivity index (χ1) is 16.6. The molecule has 0 atom stereocenters. The Morgan fingerprint density at radius 2 is 1.89 bits per heavy atom. The smallest absolute Gasteiger partial charge is 0.418 e. The first kappa shape index (κ1) is 24.3. The van der Waals surface area contributed by atoms with Crippen LogP contribution in [0.2, 0.25) is 5.02 Å². The maximum absolute atomic E-state index is 13.3. The van der Waals surface area contributed by atoms with Crippen molar-refractivity contribution in [1.82, 2.24) is 20.6 Å². The van der Waals surface area contributed by atoms with Crippen molar-refractivity contribution in [2.75, 3.05) is 5.32 Å². The van der Waals surface area contributed by atoms with E-state index in [0.29, 0.717) is 24.2 Å². The fourth-order valence-corrected chi connectivity index (χ4v) is 3.50. The molecule has 3 aromatic rings. The standard InChI is InChI=1S/C23H19ClF3N5O3/c24-13-4-7-17(16(10-13)23(25,26)27)30-15-6-5-14(28-12-15)11-29-21(35)22(8-9-22)32-20(34)18-2-1-3-19(33)31-18/h1-7,10,12,30H,8-9,11H2,(H,29,35)(H,31,33)(H,32,34). The molecule has 4 rings (SSSR count). The molecule has 0 bridgehead atoms. The number of nitrogens with zero attached hydrogens (tertiary/aromatic N) is 2. The molecular formula is C23H19ClF3N5O3. The summed E-state index contributed by atoms with van der Waals surface area (Å²) in [5.74, 6) is -1.28. The van der Waals surface area contributed by atoms with Crippen molar-refractivity contribution in [3.05, 3.63) is 76.7 Å². The third kappa shape index (κ3) is 5.80. The average Bonchev–Trinajstić information content (AvgIpc) is 3.59. The number of carbonyl (C=O) groups is 2. The zero-order valence-electron chi connectivity index (χ0n) is 18.0. The summed E-state index contributed by atoms with van der Waals surface area (Å²) in [6, 6.07) is 10.7. The Morgan fingerprint density at radius 1 is 1.11 bits per heavy atom. The number of amides is 2. The minimum Gasteiger partial charge on any atom is -0.493 e. The number of carbonyl (C=O) groups excluding carboxylic acids is 2. The first-order valence-corrected chi connectivity index (χ1v) is 10.8. The van der Waals surface area contributed by atoms with Crippen molar-refractivity contribution in [1.29, 1.82) is 0 Å². The van der Waals surface area contributed by atoms with Crippen LogP contribution < -0.4 is 16.0 Å². The Hall–Kier alpha value is -3.86. The molecule has 1 saturated carbocycles. The van der Waals surface area contributed by atoms with Crippen LogP contribution >= 0.6 is 11.6 Å². The van der Waals surface area contributed by atoms with E-state index >= 15 is 0 Å². The van der Waals surface area contributed by atoms with Crippen LogP contribution in [0.5, 0.6) is 5.88 Å². The molecule has 1 fully saturated rings. The van der Waals surface area contributed by atoms with E-state index in [0.717, 1.165) is 6.07 Å². The highest BCUT2D eigenvalue weighted by atomic mass is 35.5. The van der Waals surface area contributed by atoms with E-state index in [1.165, 1.54) is 42.6 Å². The van der Waals surface area contributed by atoms with Crippen molar-refractivity contribution < 1.29 is 27.9 Å². The highest BCUT2D eigenvalue weighted by molar-refractivity contribution is 6.30. The van der Waals surface area contributed by atoms with Crippen LogP contribution in [-0.4, -0.2) is 32.4 Å². The molecule has 12 heteroatoms. The lowest BCUT2D eigenvalue weighted by molar-refractivity contribution is -0.137. The Balaban J connectivity index is 1.35. The van der Waals surface area contributed by atoms with Gasteiger partial charge in [-0.3, -0.25) is 14.6 Å². The van der Waals surface area contributed by atoms with Crippen LogP contribution in [0.25, 0.3) is 0 Å². The topological polar surface area (TPSA) is 116 Å². The fourth-order valence-electron chi connectivity index (χ4n) is 3.32. The van der Waals surface area contributed by atoms with Gasteiger partial charge in [0.05, 0.1) is 35.4 Å². The second-order valence-corrected chi connectivity index (χ2v) is 8.39. The van der Waals surface area contributed by atoms with E-state index < -0.39 is 29.1 Å². The number of rotatable bonds is 7. The minimum atomic E-state index is -4.59. The van der Waals surface area contributed by atoms with Crippen LogP contribution in [0, 0.1) is 0 Å². The van der Waals surface area contributed by atoms with Crippen molar-refractivity contribution in [3.8, 4) is 5.88 Å². The van der Waals surface area contributed by atoms with Gasteiger partial charge >= 0.3 is 6.18 Å². The summed E-state index contributed by atoms with van der Waals surface area (Å²) in [6.07, 6.45) is -2.35. The van der Waals surface area contributed by atoms with Crippen LogP contribution in [-0.2, 0) is 17.5 Å². The van der Waals surface area contributed by atoms with E-state index in [1.807, 2.05) is 0 Å². The summed E-state index contributed by atoms with van der Waals surface area (Å²) >= 11 is 5.70. The summed E-state index contributed by atoms with van der Waals surface area (Å²) in [5.41, 5.74) is -1.36. The second-order valence-electron chi connectivity index (χ2n) is 7.95. The third-order valence-electron chi connectivity index (χ3n) is 5.33. The lowest BCUT2D eigenvalue weighted by atomic mass is 10.1. The first-order valence-electron chi connectivity index (χ1n) is 10.4. The molecule has 182 valence electrons. The normalized spacial score (nSPS) is 14.2. The molecule has 0 radical (unpaired) electrons. The lowest BCUT2D eigenvalue weighted by Gasteiger charge is -2.17. The van der Waals surface area contributed by atoms with Gasteiger partial charge in [-0.05, 0) is 49.2 Å². The Morgan fingerprint density at radius 3 is 2.51 bits per heavy atom. The molecule has 8 nitrogen and oxygen atoms in total. The zero-order chi connectivity index (χ0) is 25.2. The highest BCUT2D eigenvalue weighted by Gasteiger charge is 2.51. The molecular weight excluding hydrogens is 487 g/mol. The summed E-state index contributed by atoms with van der Waals surface area (Å²) in [6.45, 7) is 0.0514. The minimum absolute atomic E-state index is 0.0109. The molecule has 1 aromatic carbocycles. The molecule has 2 heterocycles. The fraction of sp³-hybridized carbons (Fsp3) is 0.217. The van der Waals surface area contributed by atoms with Crippen LogP contribution in [0.3, 0.4) is 0 Å². The van der Waals surface area contributed by atoms with Crippen molar-refractivity contribution in [2.24, 2.45) is 0 Å². The van der Waals surface area contributed by atoms with Crippen LogP contribution in [0.15, 0.2) is 54.7 Å². The molecule has 0 aliphatic heterocycles. The summed E-state index contributed by atoms with van der Waals surface area (Å²) < 4.78 is 39.8. The van der Waals surface area contributed by atoms with Crippen molar-refractivity contribution >= 4 is 34.8 Å². The summed E-state index contributed by atoms with van der Waals surface area (Å²) in [4.78, 5) is 32.9. The van der Waals surface area contributed by atoms with E-state index in [2.05, 4.69) is 25.9 Å². The number of pyridine rings is 2. The molecule has 35 heavy (non-hydrogen) atoms. The highest BCUT2D eigenvalue weighted by Crippen LogP contribution is 2.38. The number of hydrogen-bond acceptors (Lipinski definition) is 6. The molecule has 1 aliphatic rings. The lowest BCUT2D eigenvalue weighted by Crippen LogP contribution is -2.49. The molecule has 1 aliphatic carbocycles. The molecule has 0 saturated heterocycles. The van der Waals surface area contributed by atoms with Crippen LogP contribution in [0.4, 0.5) is 24.5 Å². The van der Waals surface area contributed by atoms with Gasteiger partial charge in [0.1, 0.15) is 11.2 Å². The number of hydrogen-bond donors (Lipinski definition) is 4. The monoisotopic (exact) mass is 505 g/mol. The quantitative estimate of drug-likeness (QED) is 0.383. The number of nitrogens with one attached hydrogen (secondary N) is 3. The molecule has 0 unspecified atom stereocenters. The van der Waals surface area contributed by atoms with Gasteiger partial charge in [-0.1, -0.05) is 17.7 Å². The van der Waals surface area contributed by atoms with Crippen molar-refractivity contribution in [2.45, 2.75) is 31.1 Å². The third-order valence-corrected chi connectivity index (χ3v) is 5.56. The largest absolute Gasteiger partial charge is 0.493 e. The van der Waals surface area contributed by atoms with Gasteiger partial charge in [-0.25, -0.2) is 4.98 Å². The van der Waals surface area contributed by atoms with Gasteiger partial charge in [0.15, 0.2) is 0 Å². The summed E-state index contributed by atoms with van der Waals surface area (Å²) in [5, 5.41) is 17.4. The molecule has 2 amide bonds. The number of anilines is 2. The molecule has 2 aromatic heterocycles. The van der Waals surface area contributed by atoms with Gasteiger partial charge in [-0.15, -0.1) is 0 Å². The SMILES string of the molecule is O=C(NC1(C(=O)NCc2ccc(Nc3ccc(Cl)cc3C(F)(F)F)cn2)CC1)c1cccc(O)n1. The van der Waals surface area contributed by atoms with Gasteiger partial charge in [-0.2, -0.15) is 13.2 Å². The van der Waals surface area contributed by atoms with E-state index in [9.17, 15) is 27.9 Å². The maximum atomic E-state index is 13.3. The maximum Gasteiger partial charge on any atom is 0.418 e. The number of benzene rings is 1. The van der Waals surface area contributed by atoms with E-state index in [-0.39, 0.29) is 28.8 Å². The number of aromatic nitrogens is 2. The van der Waals surface area contributed by atoms with E-state index in [4.69, 9.17) is 11.6 Å². The predicted octanol–water partition coefficient (Wildman–Crippen LogP) is 4.18. The Labute approximate surface area is 202 Å². The molecule has 0 spiro atoms. The second kappa shape index (κ2) is 9.41. The van der Waals surface area contributed by atoms with Gasteiger partial charge in [0, 0.05) is 11.1 Å². The zero-order valence-corrected chi connectivity index (χ0v) is 18.7. The van der Waals surface area contributed by atoms with Gasteiger partial charge in [0.25, 0.3) is 5.91 Å². The number of aromatic hydroxyl groups is 1. The van der Waals surface area contributed by atoms with Crippen molar-refractivity contribution in [3.63, 3.8) is 0 Å².